The van der Waals surface area contributed by atoms with Crippen molar-refractivity contribution in [2.24, 2.45) is 11.3 Å². The van der Waals surface area contributed by atoms with Crippen molar-refractivity contribution in [2.45, 2.75) is 61.7 Å². The fourth-order valence-corrected chi connectivity index (χ4v) is 7.80. The van der Waals surface area contributed by atoms with Gasteiger partial charge in [-0.05, 0) is 49.7 Å². The van der Waals surface area contributed by atoms with Crippen LogP contribution in [0.2, 0.25) is 0 Å². The summed E-state index contributed by atoms with van der Waals surface area (Å²) >= 11 is 0. The molecule has 2 heterocycles. The number of Topliss-reactive ketones (excluding diaryl/α,β-unsaturated/α-hetero) is 1. The van der Waals surface area contributed by atoms with Crippen LogP contribution < -0.4 is 9.47 Å². The van der Waals surface area contributed by atoms with Crippen LogP contribution in [0.1, 0.15) is 43.2 Å². The van der Waals surface area contributed by atoms with Crippen LogP contribution in [0.5, 0.6) is 11.5 Å². The van der Waals surface area contributed by atoms with Crippen molar-refractivity contribution in [1.29, 1.82) is 0 Å². The molecule has 1 N–H and O–H groups in total. The molecule has 0 radical (unpaired) electrons. The lowest BCUT2D eigenvalue weighted by Crippen LogP contribution is -2.72. The van der Waals surface area contributed by atoms with Gasteiger partial charge in [-0.1, -0.05) is 6.07 Å². The number of benzene rings is 1. The van der Waals surface area contributed by atoms with Crippen molar-refractivity contribution >= 4 is 5.78 Å². The lowest BCUT2D eigenvalue weighted by Gasteiger charge is -2.58. The number of ether oxygens (including phenoxy) is 2. The summed E-state index contributed by atoms with van der Waals surface area (Å²) in [6, 6.07) is 4.29. The molecule has 5 atom stereocenters. The first kappa shape index (κ1) is 15.3. The van der Waals surface area contributed by atoms with Gasteiger partial charge < -0.3 is 14.6 Å². The molecular formula is C22H25NO4. The van der Waals surface area contributed by atoms with Crippen LogP contribution in [0.15, 0.2) is 12.1 Å². The number of aliphatic hydroxyl groups is 1. The first-order valence-corrected chi connectivity index (χ1v) is 10.4. The molecule has 27 heavy (non-hydrogen) atoms. The Labute approximate surface area is 158 Å². The van der Waals surface area contributed by atoms with Gasteiger partial charge in [0.05, 0.1) is 18.1 Å². The molecule has 4 fully saturated rings. The molecule has 2 aliphatic heterocycles. The van der Waals surface area contributed by atoms with Gasteiger partial charge in [0, 0.05) is 36.5 Å². The standard InChI is InChI=1S/C22H25NO4/c1-26-15-5-4-13-8-20-10-21-16(13)17(15)27-18(21)14(24)6-7-22(21,25)19(20)23(11-20)9-12-2-3-12/h4-5,12,18-19,25H,2-3,6-11H2,1H3/t18-,19+,20-,21-,22+/m0/s1. The first-order chi connectivity index (χ1) is 13.0. The van der Waals surface area contributed by atoms with E-state index in [1.807, 2.05) is 6.07 Å². The molecule has 0 unspecified atom stereocenters. The van der Waals surface area contributed by atoms with Crippen molar-refractivity contribution < 1.29 is 19.4 Å². The normalized spacial score (nSPS) is 45.8. The third-order valence-electron chi connectivity index (χ3n) is 8.65. The van der Waals surface area contributed by atoms with E-state index in [2.05, 4.69) is 11.0 Å². The molecule has 1 aromatic carbocycles. The first-order valence-electron chi connectivity index (χ1n) is 10.4. The molecule has 142 valence electrons. The summed E-state index contributed by atoms with van der Waals surface area (Å²) in [4.78, 5) is 15.5. The molecule has 3 saturated carbocycles. The smallest absolute Gasteiger partial charge is 0.174 e. The van der Waals surface area contributed by atoms with Crippen LogP contribution in [-0.2, 0) is 16.6 Å². The summed E-state index contributed by atoms with van der Waals surface area (Å²) in [5.74, 6) is 2.37. The van der Waals surface area contributed by atoms with E-state index < -0.39 is 17.1 Å². The van der Waals surface area contributed by atoms with E-state index in [9.17, 15) is 9.90 Å². The second-order valence-corrected chi connectivity index (χ2v) is 9.98. The zero-order valence-electron chi connectivity index (χ0n) is 15.7. The quantitative estimate of drug-likeness (QED) is 0.883. The van der Waals surface area contributed by atoms with E-state index in [0.29, 0.717) is 18.6 Å². The van der Waals surface area contributed by atoms with Gasteiger partial charge >= 0.3 is 0 Å². The van der Waals surface area contributed by atoms with Crippen LogP contribution in [0, 0.1) is 11.3 Å². The fourth-order valence-electron chi connectivity index (χ4n) is 7.80. The van der Waals surface area contributed by atoms with Gasteiger partial charge in [-0.25, -0.2) is 0 Å². The molecule has 7 rings (SSSR count). The molecule has 5 nitrogen and oxygen atoms in total. The van der Waals surface area contributed by atoms with Crippen molar-refractivity contribution in [2.75, 3.05) is 20.2 Å². The molecule has 6 aliphatic rings. The number of carbonyl (C=O) groups excluding carboxylic acids is 1. The molecule has 1 aromatic rings. The molecule has 2 spiro atoms. The van der Waals surface area contributed by atoms with E-state index in [1.54, 1.807) is 7.11 Å². The summed E-state index contributed by atoms with van der Waals surface area (Å²) in [5.41, 5.74) is 0.999. The van der Waals surface area contributed by atoms with Crippen LogP contribution in [0.3, 0.4) is 0 Å². The molecule has 0 aromatic heterocycles. The largest absolute Gasteiger partial charge is 0.493 e. The van der Waals surface area contributed by atoms with Gasteiger partial charge in [-0.3, -0.25) is 9.69 Å². The summed E-state index contributed by atoms with van der Waals surface area (Å²) in [5, 5.41) is 12.3. The maximum Gasteiger partial charge on any atom is 0.174 e. The summed E-state index contributed by atoms with van der Waals surface area (Å²) in [6.45, 7) is 2.16. The highest BCUT2D eigenvalue weighted by Gasteiger charge is 2.83. The minimum Gasteiger partial charge on any atom is -0.493 e. The van der Waals surface area contributed by atoms with Crippen LogP contribution in [-0.4, -0.2) is 53.7 Å². The lowest BCUT2D eigenvalue weighted by atomic mass is 9.57. The lowest BCUT2D eigenvalue weighted by molar-refractivity contribution is -0.171. The van der Waals surface area contributed by atoms with E-state index >= 15 is 0 Å². The Morgan fingerprint density at radius 1 is 1.37 bits per heavy atom. The molecule has 5 heteroatoms. The zero-order valence-corrected chi connectivity index (χ0v) is 15.7. The van der Waals surface area contributed by atoms with Crippen LogP contribution >= 0.6 is 0 Å². The van der Waals surface area contributed by atoms with Gasteiger partial charge in [0.2, 0.25) is 0 Å². The Morgan fingerprint density at radius 3 is 3.00 bits per heavy atom. The molecule has 4 aliphatic carbocycles. The van der Waals surface area contributed by atoms with Crippen molar-refractivity contribution in [3.8, 4) is 11.5 Å². The fraction of sp³-hybridized carbons (Fsp3) is 0.682. The number of likely N-dealkylation sites (tertiary alicyclic amines) is 1. The minimum absolute atomic E-state index is 0.0963. The maximum atomic E-state index is 13.0. The second-order valence-electron chi connectivity index (χ2n) is 9.98. The van der Waals surface area contributed by atoms with Gasteiger partial charge in [-0.2, -0.15) is 0 Å². The molecule has 1 saturated heterocycles. The summed E-state index contributed by atoms with van der Waals surface area (Å²) < 4.78 is 11.9. The highest BCUT2D eigenvalue weighted by atomic mass is 16.5. The van der Waals surface area contributed by atoms with Crippen LogP contribution in [0.25, 0.3) is 0 Å². The van der Waals surface area contributed by atoms with Crippen molar-refractivity contribution in [3.63, 3.8) is 0 Å². The van der Waals surface area contributed by atoms with Gasteiger partial charge in [0.15, 0.2) is 23.4 Å². The molecule has 0 amide bonds. The number of fused-ring (bicyclic) bond motifs is 1. The van der Waals surface area contributed by atoms with Gasteiger partial charge in [0.1, 0.15) is 0 Å². The number of rotatable bonds is 3. The van der Waals surface area contributed by atoms with Crippen molar-refractivity contribution in [3.05, 3.63) is 23.3 Å². The summed E-state index contributed by atoms with van der Waals surface area (Å²) in [7, 11) is 1.65. The molecule has 2 bridgehead atoms. The Kier molecular flexibility index (Phi) is 2.48. The highest BCUT2D eigenvalue weighted by Crippen LogP contribution is 2.75. The maximum absolute atomic E-state index is 13.0. The highest BCUT2D eigenvalue weighted by molar-refractivity contribution is 5.90. The Morgan fingerprint density at radius 2 is 2.22 bits per heavy atom. The van der Waals surface area contributed by atoms with Gasteiger partial charge in [-0.15, -0.1) is 0 Å². The van der Waals surface area contributed by atoms with Crippen LogP contribution in [0.4, 0.5) is 0 Å². The zero-order chi connectivity index (χ0) is 18.2. The predicted molar refractivity (Wildman–Crippen MR) is 97.1 cm³/mol. The second kappa shape index (κ2) is 4.36. The molecular weight excluding hydrogens is 342 g/mol. The number of methoxy groups -OCH3 is 1. The topological polar surface area (TPSA) is 59.0 Å². The number of carbonyl (C=O) groups is 1. The average Bonchev–Trinajstić information content (AvgIpc) is 3.35. The Bertz CT molecular complexity index is 910. The van der Waals surface area contributed by atoms with E-state index in [4.69, 9.17) is 9.47 Å². The SMILES string of the molecule is COc1ccc2c3c1O[C@H]1C(=O)CC[C@@]4(O)[C@@H]5N(CC6CC6)C[C@]5(C2)C[C@]314. The number of hydrogen-bond acceptors (Lipinski definition) is 5. The number of ketones is 1. The average molecular weight is 367 g/mol. The van der Waals surface area contributed by atoms with Gasteiger partial charge in [0.25, 0.3) is 0 Å². The number of hydrogen-bond donors (Lipinski definition) is 1. The Balaban J connectivity index is 1.47. The Hall–Kier alpha value is -1.59. The predicted octanol–water partition coefficient (Wildman–Crippen LogP) is 1.83. The third kappa shape index (κ3) is 1.47. The van der Waals surface area contributed by atoms with Crippen molar-refractivity contribution in [1.82, 2.24) is 4.90 Å². The minimum atomic E-state index is -0.873. The van der Waals surface area contributed by atoms with E-state index in [1.165, 1.54) is 18.4 Å². The summed E-state index contributed by atoms with van der Waals surface area (Å²) in [6.07, 6.45) is 4.95. The van der Waals surface area contributed by atoms with E-state index in [-0.39, 0.29) is 17.2 Å². The monoisotopic (exact) mass is 367 g/mol. The van der Waals surface area contributed by atoms with E-state index in [0.717, 1.165) is 43.2 Å². The number of nitrogens with zero attached hydrogens (tertiary/aromatic N) is 1. The third-order valence-corrected chi connectivity index (χ3v) is 8.65.